The van der Waals surface area contributed by atoms with Crippen LogP contribution in [0, 0.1) is 13.8 Å². The van der Waals surface area contributed by atoms with Gasteiger partial charge in [0.05, 0.1) is 11.6 Å². The smallest absolute Gasteiger partial charge is 0.408 e. The number of ketones is 1. The Balaban J connectivity index is 2.73. The minimum absolute atomic E-state index is 0.353. The first kappa shape index (κ1) is 22.7. The highest BCUT2D eigenvalue weighted by Crippen LogP contribution is 2.15. The maximum atomic E-state index is 12.5. The number of carbonyl (C=O) groups excluding carboxylic acids is 3. The molecule has 6 nitrogen and oxygen atoms in total. The van der Waals surface area contributed by atoms with E-state index in [4.69, 9.17) is 9.47 Å². The third kappa shape index (κ3) is 7.81. The first-order chi connectivity index (χ1) is 12.5. The Morgan fingerprint density at radius 2 is 1.70 bits per heavy atom. The van der Waals surface area contributed by atoms with Gasteiger partial charge in [0.2, 0.25) is 0 Å². The van der Waals surface area contributed by atoms with E-state index < -0.39 is 30.3 Å². The van der Waals surface area contributed by atoms with Gasteiger partial charge >= 0.3 is 12.1 Å². The Hall–Kier alpha value is -2.37. The van der Waals surface area contributed by atoms with Crippen LogP contribution in [0.5, 0.6) is 0 Å². The van der Waals surface area contributed by atoms with Gasteiger partial charge in [0.1, 0.15) is 5.60 Å². The molecule has 0 radical (unpaired) electrons. The maximum absolute atomic E-state index is 12.5. The van der Waals surface area contributed by atoms with Crippen LogP contribution >= 0.6 is 0 Å². The van der Waals surface area contributed by atoms with Gasteiger partial charge in [0, 0.05) is 0 Å². The highest BCUT2D eigenvalue weighted by molar-refractivity contribution is 5.95. The van der Waals surface area contributed by atoms with Crippen LogP contribution in [-0.2, 0) is 14.3 Å². The highest BCUT2D eigenvalue weighted by Gasteiger charge is 2.25. The van der Waals surface area contributed by atoms with Gasteiger partial charge in [-0.1, -0.05) is 38.0 Å². The fraction of sp³-hybridized carbons (Fsp3) is 0.571. The molecule has 0 aliphatic heterocycles. The number of alkyl carbamates (subject to hydrolysis) is 1. The second-order valence-electron chi connectivity index (χ2n) is 7.65. The van der Waals surface area contributed by atoms with E-state index in [9.17, 15) is 14.4 Å². The standard InChI is InChI=1S/C21H31NO5/c1-7-8-12-16(22-20(25)27-21(4,5)6)17(23)13-26-19(24)18-14(2)10-9-11-15(18)3/h9-11,16H,7-8,12-13H2,1-6H3,(H,22,25)/t16-/m0/s1. The summed E-state index contributed by atoms with van der Waals surface area (Å²) in [4.78, 5) is 36.9. The number of rotatable bonds is 8. The lowest BCUT2D eigenvalue weighted by Gasteiger charge is -2.23. The SMILES string of the molecule is CCCC[C@H](NC(=O)OC(C)(C)C)C(=O)COC(=O)c1c(C)cccc1C. The van der Waals surface area contributed by atoms with E-state index in [1.54, 1.807) is 20.8 Å². The fourth-order valence-electron chi connectivity index (χ4n) is 2.62. The summed E-state index contributed by atoms with van der Waals surface area (Å²) in [6, 6.07) is 4.75. The predicted molar refractivity (Wildman–Crippen MR) is 104 cm³/mol. The molecular formula is C21H31NO5. The Labute approximate surface area is 161 Å². The summed E-state index contributed by atoms with van der Waals surface area (Å²) in [7, 11) is 0. The van der Waals surface area contributed by atoms with Crippen LogP contribution in [0.25, 0.3) is 0 Å². The van der Waals surface area contributed by atoms with Gasteiger partial charge in [-0.2, -0.15) is 0 Å². The van der Waals surface area contributed by atoms with E-state index in [1.165, 1.54) is 0 Å². The number of aryl methyl sites for hydroxylation is 2. The van der Waals surface area contributed by atoms with Crippen molar-refractivity contribution in [1.82, 2.24) is 5.32 Å². The van der Waals surface area contributed by atoms with Gasteiger partial charge in [-0.05, 0) is 52.2 Å². The zero-order valence-electron chi connectivity index (χ0n) is 17.2. The zero-order chi connectivity index (χ0) is 20.6. The third-order valence-corrected chi connectivity index (χ3v) is 3.96. The predicted octanol–water partition coefficient (Wildman–Crippen LogP) is 4.11. The van der Waals surface area contributed by atoms with E-state index in [2.05, 4.69) is 5.32 Å². The molecule has 0 aliphatic carbocycles. The Morgan fingerprint density at radius 1 is 1.11 bits per heavy atom. The Kier molecular flexibility index (Phi) is 8.47. The number of Topliss-reactive ketones (excluding diaryl/α,β-unsaturated/α-hetero) is 1. The van der Waals surface area contributed by atoms with Gasteiger partial charge in [0.15, 0.2) is 12.4 Å². The molecule has 1 rings (SSSR count). The molecule has 27 heavy (non-hydrogen) atoms. The van der Waals surface area contributed by atoms with Crippen LogP contribution in [0.1, 0.15) is 68.4 Å². The number of ether oxygens (including phenoxy) is 2. The lowest BCUT2D eigenvalue weighted by atomic mass is 10.0. The lowest BCUT2D eigenvalue weighted by molar-refractivity contribution is -0.124. The molecule has 1 amide bonds. The highest BCUT2D eigenvalue weighted by atomic mass is 16.6. The normalized spacial score (nSPS) is 12.2. The van der Waals surface area contributed by atoms with Gasteiger partial charge in [-0.15, -0.1) is 0 Å². The lowest BCUT2D eigenvalue weighted by Crippen LogP contribution is -2.45. The van der Waals surface area contributed by atoms with Crippen molar-refractivity contribution >= 4 is 17.8 Å². The summed E-state index contributed by atoms with van der Waals surface area (Å²) in [6.45, 7) is 10.5. The second kappa shape index (κ2) is 10.1. The maximum Gasteiger partial charge on any atom is 0.408 e. The van der Waals surface area contributed by atoms with Crippen LogP contribution in [0.3, 0.4) is 0 Å². The molecule has 0 aliphatic rings. The third-order valence-electron chi connectivity index (χ3n) is 3.96. The summed E-state index contributed by atoms with van der Waals surface area (Å²) in [5, 5.41) is 2.59. The van der Waals surface area contributed by atoms with Crippen LogP contribution in [0.4, 0.5) is 4.79 Å². The van der Waals surface area contributed by atoms with E-state index in [0.29, 0.717) is 12.0 Å². The largest absolute Gasteiger partial charge is 0.454 e. The van der Waals surface area contributed by atoms with Crippen LogP contribution in [-0.4, -0.2) is 36.1 Å². The Bertz CT molecular complexity index is 655. The molecule has 0 fully saturated rings. The van der Waals surface area contributed by atoms with Crippen LogP contribution < -0.4 is 5.32 Å². The van der Waals surface area contributed by atoms with Crippen molar-refractivity contribution in [2.75, 3.05) is 6.61 Å². The van der Waals surface area contributed by atoms with Gasteiger partial charge in [0.25, 0.3) is 0 Å². The number of amides is 1. The molecular weight excluding hydrogens is 346 g/mol. The molecule has 6 heteroatoms. The molecule has 1 atom stereocenters. The van der Waals surface area contributed by atoms with Crippen molar-refractivity contribution in [2.24, 2.45) is 0 Å². The van der Waals surface area contributed by atoms with Crippen LogP contribution in [0.2, 0.25) is 0 Å². The van der Waals surface area contributed by atoms with E-state index in [-0.39, 0.29) is 5.78 Å². The Morgan fingerprint density at radius 3 is 2.22 bits per heavy atom. The first-order valence-corrected chi connectivity index (χ1v) is 9.30. The summed E-state index contributed by atoms with van der Waals surface area (Å²) < 4.78 is 10.4. The topological polar surface area (TPSA) is 81.7 Å². The number of unbranched alkanes of at least 4 members (excludes halogenated alkanes) is 1. The molecule has 0 saturated carbocycles. The van der Waals surface area contributed by atoms with E-state index in [1.807, 2.05) is 39.0 Å². The summed E-state index contributed by atoms with van der Waals surface area (Å²) in [6.07, 6.45) is 1.45. The number of benzene rings is 1. The number of hydrogen-bond donors (Lipinski definition) is 1. The molecule has 0 aromatic heterocycles. The zero-order valence-corrected chi connectivity index (χ0v) is 17.2. The number of esters is 1. The quantitative estimate of drug-likeness (QED) is 0.689. The van der Waals surface area contributed by atoms with Gasteiger partial charge in [-0.3, -0.25) is 4.79 Å². The molecule has 1 aromatic carbocycles. The minimum Gasteiger partial charge on any atom is -0.454 e. The number of hydrogen-bond acceptors (Lipinski definition) is 5. The minimum atomic E-state index is -0.745. The van der Waals surface area contributed by atoms with E-state index >= 15 is 0 Å². The molecule has 150 valence electrons. The molecule has 0 heterocycles. The van der Waals surface area contributed by atoms with Crippen molar-refractivity contribution in [1.29, 1.82) is 0 Å². The number of nitrogens with one attached hydrogen (secondary N) is 1. The average molecular weight is 377 g/mol. The monoisotopic (exact) mass is 377 g/mol. The van der Waals surface area contributed by atoms with Gasteiger partial charge < -0.3 is 14.8 Å². The number of carbonyl (C=O) groups is 3. The van der Waals surface area contributed by atoms with Crippen LogP contribution in [0.15, 0.2) is 18.2 Å². The van der Waals surface area contributed by atoms with Crippen molar-refractivity contribution in [2.45, 2.75) is 72.4 Å². The van der Waals surface area contributed by atoms with E-state index in [0.717, 1.165) is 24.0 Å². The van der Waals surface area contributed by atoms with Gasteiger partial charge in [-0.25, -0.2) is 9.59 Å². The average Bonchev–Trinajstić information content (AvgIpc) is 2.54. The molecule has 0 bridgehead atoms. The van der Waals surface area contributed by atoms with Crippen molar-refractivity contribution in [3.05, 3.63) is 34.9 Å². The first-order valence-electron chi connectivity index (χ1n) is 9.30. The van der Waals surface area contributed by atoms with Crippen molar-refractivity contribution < 1.29 is 23.9 Å². The summed E-state index contributed by atoms with van der Waals surface area (Å²) in [5.74, 6) is -0.889. The van der Waals surface area contributed by atoms with Crippen molar-refractivity contribution in [3.8, 4) is 0 Å². The second-order valence-corrected chi connectivity index (χ2v) is 7.65. The molecule has 0 unspecified atom stereocenters. The summed E-state index contributed by atoms with van der Waals surface area (Å²) in [5.41, 5.74) is 1.40. The molecule has 1 aromatic rings. The summed E-state index contributed by atoms with van der Waals surface area (Å²) >= 11 is 0. The van der Waals surface area contributed by atoms with Crippen molar-refractivity contribution in [3.63, 3.8) is 0 Å². The fourth-order valence-corrected chi connectivity index (χ4v) is 2.62. The molecule has 0 saturated heterocycles. The molecule has 0 spiro atoms. The molecule has 1 N–H and O–H groups in total.